The van der Waals surface area contributed by atoms with Crippen molar-refractivity contribution in [3.05, 3.63) is 47.5 Å². The van der Waals surface area contributed by atoms with Gasteiger partial charge < -0.3 is 23.4 Å². The largest absolute Gasteiger partial charge is 0.410 e. The topological polar surface area (TPSA) is 46.2 Å². The van der Waals surface area contributed by atoms with Gasteiger partial charge in [-0.25, -0.2) is 0 Å². The number of ether oxygens (including phenoxy) is 4. The van der Waals surface area contributed by atoms with Crippen molar-refractivity contribution in [2.24, 2.45) is 0 Å². The van der Waals surface area contributed by atoms with Crippen LogP contribution in [0.3, 0.4) is 0 Å². The first-order chi connectivity index (χ1) is 13.0. The van der Waals surface area contributed by atoms with Crippen LogP contribution in [-0.2, 0) is 23.4 Å². The van der Waals surface area contributed by atoms with Gasteiger partial charge in [-0.1, -0.05) is 53.2 Å². The summed E-state index contributed by atoms with van der Waals surface area (Å²) >= 11 is 3.59. The maximum atomic E-state index is 6.48. The third-order valence-electron chi connectivity index (χ3n) is 4.80. The molecule has 5 nitrogen and oxygen atoms in total. The van der Waals surface area contributed by atoms with E-state index in [1.54, 1.807) is 7.11 Å². The predicted octanol–water partition coefficient (Wildman–Crippen LogP) is 4.33. The van der Waals surface area contributed by atoms with E-state index in [0.717, 1.165) is 22.5 Å². The molecule has 150 valence electrons. The van der Waals surface area contributed by atoms with E-state index in [0.29, 0.717) is 6.61 Å². The second-order valence-corrected chi connectivity index (χ2v) is 13.2. The van der Waals surface area contributed by atoms with Gasteiger partial charge in [0.1, 0.15) is 12.2 Å². The number of halogens is 1. The molecule has 1 aromatic carbocycles. The smallest absolute Gasteiger partial charge is 0.197 e. The third kappa shape index (κ3) is 5.09. The lowest BCUT2D eigenvalue weighted by Gasteiger charge is -2.42. The number of alkyl halides is 1. The fourth-order valence-corrected chi connectivity index (χ4v) is 4.89. The Balaban J connectivity index is 1.81. The molecule has 0 aromatic heterocycles. The second-order valence-electron chi connectivity index (χ2n) is 7.49. The average molecular weight is 457 g/mol. The molecule has 0 aliphatic carbocycles. The summed E-state index contributed by atoms with van der Waals surface area (Å²) in [5.41, 5.74) is 2.02. The van der Waals surface area contributed by atoms with Crippen molar-refractivity contribution in [1.29, 1.82) is 0 Å². The lowest BCUT2D eigenvalue weighted by Crippen LogP contribution is -2.50. The normalized spacial score (nSPS) is 29.7. The lowest BCUT2D eigenvalue weighted by atomic mass is 9.99. The van der Waals surface area contributed by atoms with Gasteiger partial charge in [0.25, 0.3) is 0 Å². The number of fused-ring (bicyclic) bond motifs is 1. The summed E-state index contributed by atoms with van der Waals surface area (Å²) in [6.07, 6.45) is 1.76. The molecule has 2 aliphatic rings. The maximum Gasteiger partial charge on any atom is 0.197 e. The Bertz CT molecular complexity index is 639. The van der Waals surface area contributed by atoms with Crippen molar-refractivity contribution in [2.75, 3.05) is 18.7 Å². The highest BCUT2D eigenvalue weighted by Gasteiger charge is 2.41. The Morgan fingerprint density at radius 2 is 1.96 bits per heavy atom. The molecule has 1 fully saturated rings. The molecular weight excluding hydrogens is 428 g/mol. The van der Waals surface area contributed by atoms with E-state index in [-0.39, 0.29) is 24.6 Å². The molecule has 0 bridgehead atoms. The molecule has 2 aliphatic heterocycles. The van der Waals surface area contributed by atoms with Crippen LogP contribution in [-0.4, -0.2) is 51.6 Å². The van der Waals surface area contributed by atoms with Crippen molar-refractivity contribution in [1.82, 2.24) is 0 Å². The molecule has 0 radical (unpaired) electrons. The van der Waals surface area contributed by atoms with Crippen LogP contribution in [0.2, 0.25) is 13.1 Å². The summed E-state index contributed by atoms with van der Waals surface area (Å²) in [5, 5.41) is 0. The summed E-state index contributed by atoms with van der Waals surface area (Å²) in [7, 11) is -0.135. The third-order valence-corrected chi connectivity index (χ3v) is 10.4. The molecule has 0 N–H and O–H groups in total. The zero-order valence-electron chi connectivity index (χ0n) is 16.4. The predicted molar refractivity (Wildman–Crippen MR) is 110 cm³/mol. The van der Waals surface area contributed by atoms with Gasteiger partial charge in [-0.3, -0.25) is 0 Å². The monoisotopic (exact) mass is 456 g/mol. The number of benzene rings is 1. The Morgan fingerprint density at radius 3 is 2.59 bits per heavy atom. The fourth-order valence-electron chi connectivity index (χ4n) is 3.35. The van der Waals surface area contributed by atoms with Gasteiger partial charge in [0.2, 0.25) is 0 Å². The first kappa shape index (κ1) is 21.2. The van der Waals surface area contributed by atoms with Gasteiger partial charge in [0, 0.05) is 23.2 Å². The van der Waals surface area contributed by atoms with Gasteiger partial charge in [-0.2, -0.15) is 0 Å². The molecule has 0 saturated carbocycles. The number of hydrogen-bond donors (Lipinski definition) is 0. The summed E-state index contributed by atoms with van der Waals surface area (Å²) in [4.78, 5) is 0.884. The molecular formula is C20H29BrO5Si. The molecule has 3 rings (SSSR count). The fraction of sp³-hybridized carbons (Fsp3) is 0.600. The van der Waals surface area contributed by atoms with E-state index in [2.05, 4.69) is 42.0 Å². The molecule has 0 amide bonds. The Labute approximate surface area is 171 Å². The highest BCUT2D eigenvalue weighted by atomic mass is 79.9. The van der Waals surface area contributed by atoms with Crippen LogP contribution in [0.15, 0.2) is 42.0 Å². The molecule has 0 unspecified atom stereocenters. The lowest BCUT2D eigenvalue weighted by molar-refractivity contribution is -0.284. The van der Waals surface area contributed by atoms with E-state index in [1.165, 1.54) is 0 Å². The van der Waals surface area contributed by atoms with Crippen LogP contribution in [0, 0.1) is 0 Å². The standard InChI is InChI=1S/C20H29BrO5Si/c1-5-16(26-27(3,4)13-21)15-11-17-18(25-20(15)22-2)12-23-19(24-17)14-9-7-6-8-10-14/h6-11,16-20H,5,12-13H2,1-4H3/t16-,17-,18+,19+,20-/m0/s1. The van der Waals surface area contributed by atoms with Crippen LogP contribution in [0.4, 0.5) is 0 Å². The van der Waals surface area contributed by atoms with E-state index in [1.807, 2.05) is 30.3 Å². The summed E-state index contributed by atoms with van der Waals surface area (Å²) in [6.45, 7) is 7.00. The van der Waals surface area contributed by atoms with Crippen molar-refractivity contribution in [3.63, 3.8) is 0 Å². The quantitative estimate of drug-likeness (QED) is 0.347. The van der Waals surface area contributed by atoms with Crippen LogP contribution >= 0.6 is 15.9 Å². The maximum absolute atomic E-state index is 6.48. The zero-order chi connectivity index (χ0) is 19.4. The summed E-state index contributed by atoms with van der Waals surface area (Å²) < 4.78 is 30.3. The van der Waals surface area contributed by atoms with Crippen LogP contribution in [0.1, 0.15) is 25.2 Å². The minimum Gasteiger partial charge on any atom is -0.410 e. The number of methoxy groups -OCH3 is 1. The molecule has 2 heterocycles. The van der Waals surface area contributed by atoms with Crippen molar-refractivity contribution < 1.29 is 23.4 Å². The number of rotatable bonds is 7. The zero-order valence-corrected chi connectivity index (χ0v) is 19.0. The van der Waals surface area contributed by atoms with Gasteiger partial charge in [-0.15, -0.1) is 0 Å². The summed E-state index contributed by atoms with van der Waals surface area (Å²) in [5.74, 6) is 0. The number of hydrogen-bond acceptors (Lipinski definition) is 5. The van der Waals surface area contributed by atoms with E-state index < -0.39 is 14.6 Å². The molecule has 7 heteroatoms. The highest BCUT2D eigenvalue weighted by molar-refractivity contribution is 9.09. The Kier molecular flexibility index (Phi) is 7.30. The van der Waals surface area contributed by atoms with Gasteiger partial charge >= 0.3 is 0 Å². The van der Waals surface area contributed by atoms with Gasteiger partial charge in [0.05, 0.1) is 12.7 Å². The molecule has 5 atom stereocenters. The van der Waals surface area contributed by atoms with E-state index >= 15 is 0 Å². The molecule has 27 heavy (non-hydrogen) atoms. The van der Waals surface area contributed by atoms with Gasteiger partial charge in [0.15, 0.2) is 20.9 Å². The van der Waals surface area contributed by atoms with Crippen LogP contribution in [0.5, 0.6) is 0 Å². The molecule has 0 spiro atoms. The summed E-state index contributed by atoms with van der Waals surface area (Å²) in [6, 6.07) is 9.99. The molecule has 1 aromatic rings. The molecule has 1 saturated heterocycles. The first-order valence-electron chi connectivity index (χ1n) is 9.43. The average Bonchev–Trinajstić information content (AvgIpc) is 2.71. The Hall–Kier alpha value is -0.543. The van der Waals surface area contributed by atoms with Crippen molar-refractivity contribution in [3.8, 4) is 0 Å². The van der Waals surface area contributed by atoms with Crippen LogP contribution < -0.4 is 0 Å². The second kappa shape index (κ2) is 9.30. The van der Waals surface area contributed by atoms with E-state index in [4.69, 9.17) is 23.4 Å². The van der Waals surface area contributed by atoms with Crippen molar-refractivity contribution in [2.45, 2.75) is 57.3 Å². The van der Waals surface area contributed by atoms with Crippen molar-refractivity contribution >= 4 is 24.2 Å². The van der Waals surface area contributed by atoms with Gasteiger partial charge in [-0.05, 0) is 25.6 Å². The van der Waals surface area contributed by atoms with Crippen LogP contribution in [0.25, 0.3) is 0 Å². The highest BCUT2D eigenvalue weighted by Crippen LogP contribution is 2.35. The minimum absolute atomic E-state index is 0.0447. The van der Waals surface area contributed by atoms with E-state index in [9.17, 15) is 0 Å². The first-order valence-corrected chi connectivity index (χ1v) is 13.7. The SMILES string of the molecule is CC[C@H](O[Si](C)(C)CBr)C1=C[C@@H]2O[C@H](c3ccccc3)OC[C@H]2O[C@@H]1OC. The minimum atomic E-state index is -1.80. The Morgan fingerprint density at radius 1 is 1.22 bits per heavy atom.